The minimum Gasteiger partial charge on any atom is -0.406 e. The van der Waals surface area contributed by atoms with Crippen molar-refractivity contribution in [2.75, 3.05) is 0 Å². The fourth-order valence-electron chi connectivity index (χ4n) is 5.48. The Balaban J connectivity index is 1.95. The molecule has 0 radical (unpaired) electrons. The van der Waals surface area contributed by atoms with Gasteiger partial charge in [0.1, 0.15) is 11.8 Å². The van der Waals surface area contributed by atoms with Gasteiger partial charge in [-0.15, -0.1) is 13.2 Å². The average molecular weight is 615 g/mol. The molecule has 0 amide bonds. The van der Waals surface area contributed by atoms with Crippen molar-refractivity contribution in [2.45, 2.75) is 6.36 Å². The van der Waals surface area contributed by atoms with Gasteiger partial charge in [0.2, 0.25) is 5.70 Å². The van der Waals surface area contributed by atoms with Gasteiger partial charge in [0.25, 0.3) is 11.4 Å². The van der Waals surface area contributed by atoms with E-state index in [9.17, 15) is 34.2 Å². The van der Waals surface area contributed by atoms with Crippen LogP contribution in [-0.2, 0) is 0 Å². The first-order chi connectivity index (χ1) is 22.6. The maximum Gasteiger partial charge on any atom is 0.573 e. The molecule has 0 aromatic heterocycles. The van der Waals surface area contributed by atoms with Gasteiger partial charge in [-0.2, -0.15) is 10.5 Å². The van der Waals surface area contributed by atoms with E-state index in [1.807, 2.05) is 12.1 Å². The van der Waals surface area contributed by atoms with Crippen LogP contribution in [0.25, 0.3) is 52.9 Å². The van der Waals surface area contributed by atoms with Crippen molar-refractivity contribution < 1.29 is 17.9 Å². The molecule has 216 valence electrons. The lowest BCUT2D eigenvalue weighted by Crippen LogP contribution is -2.17. The molecule has 3 aromatic carbocycles. The van der Waals surface area contributed by atoms with Crippen LogP contribution < -0.4 is 4.74 Å². The molecule has 0 atom stereocenters. The zero-order valence-electron chi connectivity index (χ0n) is 23.3. The zero-order valence-corrected chi connectivity index (χ0v) is 23.3. The molecule has 5 rings (SSSR count). The topological polar surface area (TPSA) is 122 Å². The molecule has 2 aliphatic carbocycles. The predicted octanol–water partition coefficient (Wildman–Crippen LogP) is 8.56. The maximum absolute atomic E-state index is 13.7. The number of hydrogen-bond donors (Lipinski definition) is 0. The molecule has 0 aliphatic heterocycles. The first kappa shape index (κ1) is 30.6. The molecule has 2 aliphatic rings. The second kappa shape index (κ2) is 11.7. The van der Waals surface area contributed by atoms with Crippen LogP contribution in [-0.4, -0.2) is 6.36 Å². The number of alkyl halides is 3. The Kier molecular flexibility index (Phi) is 7.59. The fraction of sp³-hybridized carbons (Fsp3) is 0.0286. The van der Waals surface area contributed by atoms with Crippen molar-refractivity contribution in [3.63, 3.8) is 0 Å². The van der Waals surface area contributed by atoms with E-state index < -0.39 is 23.5 Å². The monoisotopic (exact) mass is 614 g/mol. The summed E-state index contributed by atoms with van der Waals surface area (Å²) < 4.78 is 45.3. The summed E-state index contributed by atoms with van der Waals surface area (Å²) in [5, 5.41) is 39.5. The molecule has 47 heavy (non-hydrogen) atoms. The quantitative estimate of drug-likeness (QED) is 0.216. The zero-order chi connectivity index (χ0) is 34.0. The number of fused-ring (bicyclic) bond motifs is 2. The summed E-state index contributed by atoms with van der Waals surface area (Å²) in [7, 11) is 0. The van der Waals surface area contributed by atoms with Gasteiger partial charge in [-0.3, -0.25) is 0 Å². The van der Waals surface area contributed by atoms with Crippen LogP contribution in [0.5, 0.6) is 5.75 Å². The molecular formula is C35H9F3N8O. The normalized spacial score (nSPS) is 14.9. The molecule has 12 heteroatoms. The molecule has 0 bridgehead atoms. The summed E-state index contributed by atoms with van der Waals surface area (Å²) in [5.41, 5.74) is -0.820. The molecular weight excluding hydrogens is 605 g/mol. The number of ether oxygens (including phenoxy) is 1. The SMILES string of the molecule is [C-]#[N+]C1=C(c2cc(OC(F)(F)F)cc(C3=C(C#N)c4cc([N+]#[C-])ccc4/C3=C(/C#N)[N+]#[C-])c2)/C(=C(/C#N)[N+]#[C-])c2ccc(C#N)cc21. The number of rotatable bonds is 3. The standard InChI is InChI=1S/C35H9F3N8O/c1-43-21-6-8-23-25(13-21)27(15-40)30(32(23)28(16-41)44-2)19-10-20(12-22(11-19)47-35(36,37)38)31-33(29(17-42)45-3)24-7-5-18(14-39)9-26(24)34(31)46-4/h5-13H/b32-28+,33-29-. The van der Waals surface area contributed by atoms with Gasteiger partial charge in [-0.1, -0.05) is 18.2 Å². The summed E-state index contributed by atoms with van der Waals surface area (Å²) in [5.74, 6) is -0.806. The van der Waals surface area contributed by atoms with Gasteiger partial charge in [-0.25, -0.2) is 29.9 Å². The van der Waals surface area contributed by atoms with Crippen LogP contribution in [0, 0.1) is 71.6 Å². The third-order valence-electron chi connectivity index (χ3n) is 7.18. The van der Waals surface area contributed by atoms with Gasteiger partial charge in [-0.05, 0) is 86.5 Å². The largest absolute Gasteiger partial charge is 0.573 e. The fourth-order valence-corrected chi connectivity index (χ4v) is 5.48. The number of hydrogen-bond acceptors (Lipinski definition) is 5. The third-order valence-corrected chi connectivity index (χ3v) is 7.18. The summed E-state index contributed by atoms with van der Waals surface area (Å²) >= 11 is 0. The van der Waals surface area contributed by atoms with E-state index in [1.165, 1.54) is 42.5 Å². The van der Waals surface area contributed by atoms with E-state index in [2.05, 4.69) is 24.1 Å². The predicted molar refractivity (Wildman–Crippen MR) is 161 cm³/mol. The Morgan fingerprint density at radius 2 is 1.26 bits per heavy atom. The highest BCUT2D eigenvalue weighted by molar-refractivity contribution is 6.27. The molecule has 9 nitrogen and oxygen atoms in total. The van der Waals surface area contributed by atoms with Gasteiger partial charge in [0, 0.05) is 5.57 Å². The lowest BCUT2D eigenvalue weighted by molar-refractivity contribution is -0.274. The second-order valence-electron chi connectivity index (χ2n) is 9.60. The highest BCUT2D eigenvalue weighted by atomic mass is 19.4. The van der Waals surface area contributed by atoms with Gasteiger partial charge in [0.15, 0.2) is 5.69 Å². The van der Waals surface area contributed by atoms with Crippen molar-refractivity contribution in [1.82, 2.24) is 0 Å². The summed E-state index contributed by atoms with van der Waals surface area (Å²) in [6.45, 7) is 30.6. The molecule has 3 aromatic rings. The van der Waals surface area contributed by atoms with E-state index in [0.29, 0.717) is 0 Å². The molecule has 0 unspecified atom stereocenters. The molecule has 0 saturated heterocycles. The van der Waals surface area contributed by atoms with Crippen LogP contribution in [0.2, 0.25) is 0 Å². The lowest BCUT2D eigenvalue weighted by Gasteiger charge is -2.17. The molecule has 0 N–H and O–H groups in total. The van der Waals surface area contributed by atoms with Gasteiger partial charge >= 0.3 is 6.36 Å². The summed E-state index contributed by atoms with van der Waals surface area (Å²) in [6, 6.07) is 19.0. The highest BCUT2D eigenvalue weighted by Crippen LogP contribution is 2.53. The molecule has 0 fully saturated rings. The van der Waals surface area contributed by atoms with Gasteiger partial charge in [0.05, 0.1) is 55.6 Å². The first-order valence-electron chi connectivity index (χ1n) is 12.9. The van der Waals surface area contributed by atoms with Gasteiger partial charge < -0.3 is 4.74 Å². The van der Waals surface area contributed by atoms with E-state index in [0.717, 1.165) is 12.1 Å². The Hall–Kier alpha value is -7.87. The van der Waals surface area contributed by atoms with Crippen LogP contribution in [0.15, 0.2) is 66.0 Å². The molecule has 0 heterocycles. The van der Waals surface area contributed by atoms with E-state index in [1.54, 1.807) is 12.1 Å². The van der Waals surface area contributed by atoms with Crippen molar-refractivity contribution in [2.24, 2.45) is 0 Å². The van der Waals surface area contributed by atoms with Crippen LogP contribution in [0.1, 0.15) is 38.9 Å². The van der Waals surface area contributed by atoms with Crippen molar-refractivity contribution in [3.05, 3.63) is 151 Å². The highest BCUT2D eigenvalue weighted by Gasteiger charge is 2.36. The number of benzene rings is 3. The Labute approximate surface area is 265 Å². The number of nitrogens with zero attached hydrogens (tertiary/aromatic N) is 8. The molecule has 0 spiro atoms. The van der Waals surface area contributed by atoms with Crippen molar-refractivity contribution in [1.29, 1.82) is 21.0 Å². The summed E-state index contributed by atoms with van der Waals surface area (Å²) in [6.07, 6.45) is -5.21. The number of allylic oxidation sites excluding steroid dienone is 7. The van der Waals surface area contributed by atoms with E-state index in [-0.39, 0.29) is 78.2 Å². The minimum absolute atomic E-state index is 0.0661. The Bertz CT molecular complexity index is 2260. The minimum atomic E-state index is -5.21. The van der Waals surface area contributed by atoms with E-state index in [4.69, 9.17) is 26.3 Å². The lowest BCUT2D eigenvalue weighted by atomic mass is 9.89. The average Bonchev–Trinajstić information content (AvgIpc) is 3.56. The summed E-state index contributed by atoms with van der Waals surface area (Å²) in [4.78, 5) is 13.5. The molecule has 0 saturated carbocycles. The maximum atomic E-state index is 13.7. The van der Waals surface area contributed by atoms with Crippen molar-refractivity contribution >= 4 is 39.2 Å². The Morgan fingerprint density at radius 1 is 0.660 bits per heavy atom. The third kappa shape index (κ3) is 5.07. The smallest absolute Gasteiger partial charge is 0.406 e. The van der Waals surface area contributed by atoms with Crippen LogP contribution >= 0.6 is 0 Å². The van der Waals surface area contributed by atoms with Crippen molar-refractivity contribution in [3.8, 4) is 30.0 Å². The number of nitriles is 4. The Morgan fingerprint density at radius 3 is 1.79 bits per heavy atom. The number of halogens is 3. The second-order valence-corrected chi connectivity index (χ2v) is 9.60. The first-order valence-corrected chi connectivity index (χ1v) is 12.9. The van der Waals surface area contributed by atoms with E-state index >= 15 is 0 Å². The van der Waals surface area contributed by atoms with Crippen LogP contribution in [0.3, 0.4) is 0 Å². The van der Waals surface area contributed by atoms with Crippen LogP contribution in [0.4, 0.5) is 18.9 Å².